The number of thioether (sulfide) groups is 1. The van der Waals surface area contributed by atoms with Crippen molar-refractivity contribution in [3.63, 3.8) is 0 Å². The van der Waals surface area contributed by atoms with Gasteiger partial charge in [-0.1, -0.05) is 11.8 Å². The number of amides is 1. The minimum atomic E-state index is -0.0456. The normalized spacial score (nSPS) is 12.6. The molecular formula is C19H16N4O3S. The summed E-state index contributed by atoms with van der Waals surface area (Å²) in [5, 5.41) is 10.3. The van der Waals surface area contributed by atoms with Crippen LogP contribution < -0.4 is 10.1 Å². The van der Waals surface area contributed by atoms with Gasteiger partial charge in [0.1, 0.15) is 5.75 Å². The number of ether oxygens (including phenoxy) is 1. The van der Waals surface area contributed by atoms with Crippen LogP contribution in [0.4, 0.5) is 5.69 Å². The smallest absolute Gasteiger partial charge is 0.228 e. The molecule has 0 bridgehead atoms. The van der Waals surface area contributed by atoms with Crippen molar-refractivity contribution in [3.05, 3.63) is 53.6 Å². The van der Waals surface area contributed by atoms with E-state index in [-0.39, 0.29) is 17.4 Å². The summed E-state index contributed by atoms with van der Waals surface area (Å²) in [4.78, 5) is 28.3. The van der Waals surface area contributed by atoms with Crippen LogP contribution in [-0.4, -0.2) is 39.7 Å². The molecule has 8 heteroatoms. The Balaban J connectivity index is 1.40. The molecule has 1 aliphatic heterocycles. The van der Waals surface area contributed by atoms with Crippen LogP contribution >= 0.6 is 11.8 Å². The lowest BCUT2D eigenvalue weighted by molar-refractivity contribution is -0.115. The first-order valence-corrected chi connectivity index (χ1v) is 9.26. The van der Waals surface area contributed by atoms with E-state index in [1.54, 1.807) is 25.3 Å². The van der Waals surface area contributed by atoms with Crippen molar-refractivity contribution in [1.82, 2.24) is 15.2 Å². The average Bonchev–Trinajstić information content (AvgIpc) is 3.31. The molecule has 0 radical (unpaired) electrons. The first-order chi connectivity index (χ1) is 13.1. The minimum absolute atomic E-state index is 0.0297. The standard InChI is InChI=1S/C19H16N4O3S/c1-26-14-5-2-11(3-6-14)18-21-19(23-22-18)27-10-16(24)12-4-7-15-13(8-12)9-17(25)20-15/h2-8H,9-10H2,1H3,(H,20,25)(H,21,22,23). The van der Waals surface area contributed by atoms with Gasteiger partial charge in [0, 0.05) is 16.8 Å². The number of aromatic amines is 1. The largest absolute Gasteiger partial charge is 0.497 e. The topological polar surface area (TPSA) is 97.0 Å². The average molecular weight is 380 g/mol. The number of ketones is 1. The number of hydrogen-bond acceptors (Lipinski definition) is 6. The van der Waals surface area contributed by atoms with E-state index in [4.69, 9.17) is 4.74 Å². The number of hydrogen-bond donors (Lipinski definition) is 2. The fourth-order valence-corrected chi connectivity index (χ4v) is 3.50. The van der Waals surface area contributed by atoms with E-state index >= 15 is 0 Å². The lowest BCUT2D eigenvalue weighted by Crippen LogP contribution is -2.03. The summed E-state index contributed by atoms with van der Waals surface area (Å²) >= 11 is 1.27. The summed E-state index contributed by atoms with van der Waals surface area (Å²) in [5.41, 5.74) is 3.11. The number of carbonyl (C=O) groups excluding carboxylic acids is 2. The van der Waals surface area contributed by atoms with Gasteiger partial charge in [0.15, 0.2) is 11.6 Å². The molecule has 0 unspecified atom stereocenters. The maximum absolute atomic E-state index is 12.4. The van der Waals surface area contributed by atoms with Crippen LogP contribution in [0, 0.1) is 0 Å². The van der Waals surface area contributed by atoms with E-state index in [2.05, 4.69) is 20.5 Å². The van der Waals surface area contributed by atoms with Crippen LogP contribution in [-0.2, 0) is 11.2 Å². The quantitative estimate of drug-likeness (QED) is 0.504. The van der Waals surface area contributed by atoms with Crippen LogP contribution in [0.1, 0.15) is 15.9 Å². The van der Waals surface area contributed by atoms with Crippen molar-refractivity contribution in [2.75, 3.05) is 18.2 Å². The summed E-state index contributed by atoms with van der Waals surface area (Å²) < 4.78 is 5.14. The number of aromatic nitrogens is 3. The van der Waals surface area contributed by atoms with E-state index in [1.807, 2.05) is 24.3 Å². The highest BCUT2D eigenvalue weighted by atomic mass is 32.2. The number of benzene rings is 2. The van der Waals surface area contributed by atoms with Crippen molar-refractivity contribution in [1.29, 1.82) is 0 Å². The van der Waals surface area contributed by atoms with Crippen LogP contribution in [0.2, 0.25) is 0 Å². The van der Waals surface area contributed by atoms with Crippen LogP contribution in [0.25, 0.3) is 11.4 Å². The van der Waals surface area contributed by atoms with Crippen LogP contribution in [0.3, 0.4) is 0 Å². The molecule has 1 aliphatic rings. The third-order valence-electron chi connectivity index (χ3n) is 4.21. The SMILES string of the molecule is COc1ccc(-c2nc(SCC(=O)c3ccc4c(c3)CC(=O)N4)n[nH]2)cc1. The first kappa shape index (κ1) is 17.3. The molecule has 7 nitrogen and oxygen atoms in total. The Morgan fingerprint density at radius 2 is 2.04 bits per heavy atom. The number of fused-ring (bicyclic) bond motifs is 1. The summed E-state index contributed by atoms with van der Waals surface area (Å²) in [6.45, 7) is 0. The highest BCUT2D eigenvalue weighted by molar-refractivity contribution is 7.99. The van der Waals surface area contributed by atoms with Crippen LogP contribution in [0.5, 0.6) is 5.75 Å². The molecule has 4 rings (SSSR count). The molecule has 1 amide bonds. The summed E-state index contributed by atoms with van der Waals surface area (Å²) in [5.74, 6) is 1.55. The second-order valence-electron chi connectivity index (χ2n) is 6.00. The molecule has 3 aromatic rings. The number of nitrogens with one attached hydrogen (secondary N) is 2. The van der Waals surface area contributed by atoms with E-state index in [0.717, 1.165) is 22.6 Å². The van der Waals surface area contributed by atoms with Crippen molar-refractivity contribution in [2.24, 2.45) is 0 Å². The number of methoxy groups -OCH3 is 1. The zero-order chi connectivity index (χ0) is 18.8. The molecule has 0 saturated carbocycles. The number of carbonyl (C=O) groups is 2. The Bertz CT molecular complexity index is 1010. The van der Waals surface area contributed by atoms with Gasteiger partial charge in [0.2, 0.25) is 11.1 Å². The predicted octanol–water partition coefficient (Wildman–Crippen LogP) is 2.95. The third-order valence-corrected chi connectivity index (χ3v) is 5.06. The van der Waals surface area contributed by atoms with E-state index in [9.17, 15) is 9.59 Å². The number of anilines is 1. The fourth-order valence-electron chi connectivity index (χ4n) is 2.81. The molecule has 2 aromatic carbocycles. The van der Waals surface area contributed by atoms with Gasteiger partial charge >= 0.3 is 0 Å². The van der Waals surface area contributed by atoms with Crippen LogP contribution in [0.15, 0.2) is 47.6 Å². The van der Waals surface area contributed by atoms with Gasteiger partial charge in [-0.3, -0.25) is 14.7 Å². The maximum Gasteiger partial charge on any atom is 0.228 e. The van der Waals surface area contributed by atoms with E-state index in [1.165, 1.54) is 11.8 Å². The van der Waals surface area contributed by atoms with Gasteiger partial charge in [-0.15, -0.1) is 5.10 Å². The Labute approximate surface area is 159 Å². The lowest BCUT2D eigenvalue weighted by Gasteiger charge is -2.02. The molecule has 136 valence electrons. The van der Waals surface area contributed by atoms with E-state index < -0.39 is 0 Å². The van der Waals surface area contributed by atoms with E-state index in [0.29, 0.717) is 23.0 Å². The van der Waals surface area contributed by atoms with Crippen molar-refractivity contribution >= 4 is 29.1 Å². The molecular weight excluding hydrogens is 364 g/mol. The molecule has 2 N–H and O–H groups in total. The molecule has 0 spiro atoms. The molecule has 0 aliphatic carbocycles. The predicted molar refractivity (Wildman–Crippen MR) is 102 cm³/mol. The van der Waals surface area contributed by atoms with Gasteiger partial charge in [-0.2, -0.15) is 0 Å². The molecule has 0 saturated heterocycles. The molecule has 2 heterocycles. The monoisotopic (exact) mass is 380 g/mol. The Morgan fingerprint density at radius 1 is 1.22 bits per heavy atom. The summed E-state index contributed by atoms with van der Waals surface area (Å²) in [6, 6.07) is 12.7. The molecule has 1 aromatic heterocycles. The van der Waals surface area contributed by atoms with Gasteiger partial charge in [-0.05, 0) is 48.0 Å². The van der Waals surface area contributed by atoms with Gasteiger partial charge < -0.3 is 10.1 Å². The number of rotatable bonds is 6. The molecule has 27 heavy (non-hydrogen) atoms. The number of Topliss-reactive ketones (excluding diaryl/α,β-unsaturated/α-hetero) is 1. The van der Waals surface area contributed by atoms with Gasteiger partial charge in [0.25, 0.3) is 0 Å². The fraction of sp³-hybridized carbons (Fsp3) is 0.158. The Morgan fingerprint density at radius 3 is 2.81 bits per heavy atom. The Hall–Kier alpha value is -3.13. The Kier molecular flexibility index (Phi) is 4.64. The number of H-pyrrole nitrogens is 1. The zero-order valence-electron chi connectivity index (χ0n) is 14.5. The van der Waals surface area contributed by atoms with Crippen molar-refractivity contribution in [3.8, 4) is 17.1 Å². The second kappa shape index (κ2) is 7.24. The minimum Gasteiger partial charge on any atom is -0.497 e. The number of nitrogens with zero attached hydrogens (tertiary/aromatic N) is 2. The summed E-state index contributed by atoms with van der Waals surface area (Å²) in [6.07, 6.45) is 0.315. The maximum atomic E-state index is 12.4. The zero-order valence-corrected chi connectivity index (χ0v) is 15.3. The van der Waals surface area contributed by atoms with Gasteiger partial charge in [0.05, 0.1) is 19.3 Å². The van der Waals surface area contributed by atoms with Crippen molar-refractivity contribution < 1.29 is 14.3 Å². The first-order valence-electron chi connectivity index (χ1n) is 8.28. The lowest BCUT2D eigenvalue weighted by atomic mass is 10.1. The third kappa shape index (κ3) is 3.70. The highest BCUT2D eigenvalue weighted by Gasteiger charge is 2.19. The van der Waals surface area contributed by atoms with Crippen molar-refractivity contribution in [2.45, 2.75) is 11.6 Å². The second-order valence-corrected chi connectivity index (χ2v) is 6.95. The highest BCUT2D eigenvalue weighted by Crippen LogP contribution is 2.26. The van der Waals surface area contributed by atoms with Gasteiger partial charge in [-0.25, -0.2) is 4.98 Å². The molecule has 0 atom stereocenters. The molecule has 0 fully saturated rings. The summed E-state index contributed by atoms with van der Waals surface area (Å²) in [7, 11) is 1.62.